The maximum atomic E-state index is 13.8. The van der Waals surface area contributed by atoms with Crippen LogP contribution in [0.15, 0.2) is 22.7 Å². The lowest BCUT2D eigenvalue weighted by Crippen LogP contribution is -2.48. The van der Waals surface area contributed by atoms with E-state index in [1.54, 1.807) is 12.1 Å². The summed E-state index contributed by atoms with van der Waals surface area (Å²) in [4.78, 5) is 12.6. The molecule has 0 radical (unpaired) electrons. The monoisotopic (exact) mass is 342 g/mol. The smallest absolute Gasteiger partial charge is 0.231 e. The molecule has 0 spiro atoms. The predicted molar refractivity (Wildman–Crippen MR) is 82.2 cm³/mol. The third kappa shape index (κ3) is 3.20. The molecule has 1 atom stereocenters. The Morgan fingerprint density at radius 1 is 1.55 bits per heavy atom. The number of benzene rings is 1. The number of anilines is 1. The van der Waals surface area contributed by atoms with Gasteiger partial charge in [-0.3, -0.25) is 4.79 Å². The van der Waals surface area contributed by atoms with E-state index in [1.165, 1.54) is 6.07 Å². The van der Waals surface area contributed by atoms with Crippen LogP contribution in [0.25, 0.3) is 0 Å². The van der Waals surface area contributed by atoms with Gasteiger partial charge >= 0.3 is 0 Å². The van der Waals surface area contributed by atoms with Gasteiger partial charge in [0.05, 0.1) is 11.1 Å². The minimum absolute atomic E-state index is 0.0858. The van der Waals surface area contributed by atoms with E-state index in [2.05, 4.69) is 33.5 Å². The highest BCUT2D eigenvalue weighted by Gasteiger charge is 2.39. The fourth-order valence-corrected chi connectivity index (χ4v) is 3.27. The lowest BCUT2D eigenvalue weighted by Gasteiger charge is -2.36. The van der Waals surface area contributed by atoms with E-state index in [0.717, 1.165) is 32.2 Å². The Bertz CT molecular complexity index is 461. The SMILES string of the molecule is CCCC1(C(=O)Nc2c(F)cccc2Br)CCCNC1. The highest BCUT2D eigenvalue weighted by molar-refractivity contribution is 9.10. The molecule has 5 heteroatoms. The number of para-hydroxylation sites is 1. The van der Waals surface area contributed by atoms with Crippen molar-refractivity contribution in [1.29, 1.82) is 0 Å². The van der Waals surface area contributed by atoms with Gasteiger partial charge in [-0.2, -0.15) is 0 Å². The molecule has 1 aliphatic heterocycles. The van der Waals surface area contributed by atoms with Gasteiger partial charge in [0.1, 0.15) is 5.82 Å². The molecule has 2 rings (SSSR count). The van der Waals surface area contributed by atoms with E-state index < -0.39 is 11.2 Å². The van der Waals surface area contributed by atoms with Gasteiger partial charge in [-0.15, -0.1) is 0 Å². The van der Waals surface area contributed by atoms with Crippen LogP contribution in [0.4, 0.5) is 10.1 Å². The zero-order chi connectivity index (χ0) is 14.6. The molecule has 1 fully saturated rings. The fraction of sp³-hybridized carbons (Fsp3) is 0.533. The van der Waals surface area contributed by atoms with Gasteiger partial charge in [0.2, 0.25) is 5.91 Å². The first-order valence-electron chi connectivity index (χ1n) is 7.05. The average molecular weight is 343 g/mol. The van der Waals surface area contributed by atoms with Crippen LogP contribution in [0.1, 0.15) is 32.6 Å². The molecule has 110 valence electrons. The van der Waals surface area contributed by atoms with Crippen molar-refractivity contribution in [2.75, 3.05) is 18.4 Å². The second-order valence-electron chi connectivity index (χ2n) is 5.36. The van der Waals surface area contributed by atoms with E-state index in [9.17, 15) is 9.18 Å². The van der Waals surface area contributed by atoms with Gasteiger partial charge in [0.15, 0.2) is 0 Å². The van der Waals surface area contributed by atoms with Crippen molar-refractivity contribution in [2.24, 2.45) is 5.41 Å². The number of amides is 1. The summed E-state index contributed by atoms with van der Waals surface area (Å²) in [7, 11) is 0. The number of nitrogens with one attached hydrogen (secondary N) is 2. The summed E-state index contributed by atoms with van der Waals surface area (Å²) < 4.78 is 14.4. The lowest BCUT2D eigenvalue weighted by molar-refractivity contribution is -0.127. The molecule has 1 saturated heterocycles. The van der Waals surface area contributed by atoms with Crippen molar-refractivity contribution in [3.8, 4) is 0 Å². The number of halogens is 2. The summed E-state index contributed by atoms with van der Waals surface area (Å²) >= 11 is 3.29. The molecular formula is C15H20BrFN2O. The maximum Gasteiger partial charge on any atom is 0.231 e. The molecule has 1 heterocycles. The van der Waals surface area contributed by atoms with E-state index in [0.29, 0.717) is 11.0 Å². The number of piperidine rings is 1. The third-order valence-corrected chi connectivity index (χ3v) is 4.54. The summed E-state index contributed by atoms with van der Waals surface area (Å²) in [6.45, 7) is 3.68. The molecule has 1 unspecified atom stereocenters. The van der Waals surface area contributed by atoms with Crippen molar-refractivity contribution in [3.63, 3.8) is 0 Å². The standard InChI is InChI=1S/C15H20BrFN2O/c1-2-7-15(8-4-9-18-10-15)14(20)19-13-11(16)5-3-6-12(13)17/h3,5-6,18H,2,4,7-10H2,1H3,(H,19,20). The van der Waals surface area contributed by atoms with Crippen LogP contribution in [0, 0.1) is 11.2 Å². The minimum Gasteiger partial charge on any atom is -0.322 e. The molecule has 1 amide bonds. The summed E-state index contributed by atoms with van der Waals surface area (Å²) in [5.41, 5.74) is -0.187. The highest BCUT2D eigenvalue weighted by Crippen LogP contribution is 2.34. The molecule has 0 bridgehead atoms. The summed E-state index contributed by atoms with van der Waals surface area (Å²) in [6.07, 6.45) is 3.59. The maximum absolute atomic E-state index is 13.8. The number of rotatable bonds is 4. The first-order chi connectivity index (χ1) is 9.59. The largest absolute Gasteiger partial charge is 0.322 e. The van der Waals surface area contributed by atoms with Crippen LogP contribution in [0.5, 0.6) is 0 Å². The quantitative estimate of drug-likeness (QED) is 0.875. The van der Waals surface area contributed by atoms with Gasteiger partial charge in [0.25, 0.3) is 0 Å². The Morgan fingerprint density at radius 2 is 2.35 bits per heavy atom. The number of hydrogen-bond acceptors (Lipinski definition) is 2. The van der Waals surface area contributed by atoms with Crippen LogP contribution < -0.4 is 10.6 Å². The highest BCUT2D eigenvalue weighted by atomic mass is 79.9. The zero-order valence-corrected chi connectivity index (χ0v) is 13.2. The van der Waals surface area contributed by atoms with Crippen molar-refractivity contribution >= 4 is 27.5 Å². The summed E-state index contributed by atoms with van der Waals surface area (Å²) in [5, 5.41) is 6.06. The van der Waals surface area contributed by atoms with Crippen LogP contribution in [0.3, 0.4) is 0 Å². The topological polar surface area (TPSA) is 41.1 Å². The second kappa shape index (κ2) is 6.68. The fourth-order valence-electron chi connectivity index (χ4n) is 2.83. The van der Waals surface area contributed by atoms with Crippen molar-refractivity contribution in [2.45, 2.75) is 32.6 Å². The molecular weight excluding hydrogens is 323 g/mol. The first-order valence-corrected chi connectivity index (χ1v) is 7.84. The van der Waals surface area contributed by atoms with Crippen molar-refractivity contribution in [3.05, 3.63) is 28.5 Å². The van der Waals surface area contributed by atoms with E-state index >= 15 is 0 Å². The molecule has 0 saturated carbocycles. The summed E-state index contributed by atoms with van der Waals surface area (Å²) in [6, 6.07) is 4.69. The van der Waals surface area contributed by atoms with Gasteiger partial charge in [-0.25, -0.2) is 4.39 Å². The predicted octanol–water partition coefficient (Wildman–Crippen LogP) is 3.70. The van der Waals surface area contributed by atoms with E-state index in [4.69, 9.17) is 0 Å². The van der Waals surface area contributed by atoms with Gasteiger partial charge < -0.3 is 10.6 Å². The average Bonchev–Trinajstić information content (AvgIpc) is 2.44. The van der Waals surface area contributed by atoms with Crippen molar-refractivity contribution < 1.29 is 9.18 Å². The lowest BCUT2D eigenvalue weighted by atomic mass is 9.76. The number of carbonyl (C=O) groups excluding carboxylic acids is 1. The Balaban J connectivity index is 2.20. The normalized spacial score (nSPS) is 22.6. The Labute approximate surface area is 127 Å². The van der Waals surface area contributed by atoms with E-state index in [1.807, 2.05) is 0 Å². The second-order valence-corrected chi connectivity index (χ2v) is 6.22. The minimum atomic E-state index is -0.422. The van der Waals surface area contributed by atoms with Crippen LogP contribution >= 0.6 is 15.9 Å². The first kappa shape index (κ1) is 15.4. The van der Waals surface area contributed by atoms with E-state index in [-0.39, 0.29) is 11.6 Å². The van der Waals surface area contributed by atoms with Gasteiger partial charge in [-0.05, 0) is 53.9 Å². The van der Waals surface area contributed by atoms with Gasteiger partial charge in [-0.1, -0.05) is 19.4 Å². The molecule has 0 aromatic heterocycles. The number of carbonyl (C=O) groups is 1. The number of hydrogen-bond donors (Lipinski definition) is 2. The van der Waals surface area contributed by atoms with Crippen LogP contribution in [-0.2, 0) is 4.79 Å². The zero-order valence-electron chi connectivity index (χ0n) is 11.6. The molecule has 1 aliphatic rings. The molecule has 1 aromatic rings. The van der Waals surface area contributed by atoms with Crippen LogP contribution in [0.2, 0.25) is 0 Å². The Morgan fingerprint density at radius 3 is 2.95 bits per heavy atom. The third-order valence-electron chi connectivity index (χ3n) is 3.88. The molecule has 3 nitrogen and oxygen atoms in total. The Kier molecular flexibility index (Phi) is 5.16. The molecule has 0 aliphatic carbocycles. The molecule has 20 heavy (non-hydrogen) atoms. The van der Waals surface area contributed by atoms with Crippen molar-refractivity contribution in [1.82, 2.24) is 5.32 Å². The molecule has 2 N–H and O–H groups in total. The van der Waals surface area contributed by atoms with Crippen LogP contribution in [-0.4, -0.2) is 19.0 Å². The Hall–Kier alpha value is -0.940. The van der Waals surface area contributed by atoms with Gasteiger partial charge in [0, 0.05) is 11.0 Å². The molecule has 1 aromatic carbocycles. The summed E-state index contributed by atoms with van der Waals surface area (Å²) in [5.74, 6) is -0.500.